The number of esters is 1. The number of carbonyl (C=O) groups excluding carboxylic acids is 3. The largest absolute Gasteiger partial charge is 0.455 e. The van der Waals surface area contributed by atoms with E-state index in [-0.39, 0.29) is 22.5 Å². The molecule has 0 heterocycles. The molecule has 2 amide bonds. The van der Waals surface area contributed by atoms with Gasteiger partial charge in [0.05, 0.1) is 16.5 Å². The standard InChI is InChI=1S/C20H27ClN2O4/c1-2-3-6-14-9-11-15(12-10-14)20(26)27-13-18(24)22-23-19(25)16-7-4-5-8-17(16)21/h4-5,7-8,14-15H,2-3,6,9-13H2,1H3,(H,22,24)(H,23,25). The van der Waals surface area contributed by atoms with Crippen LogP contribution in [0.5, 0.6) is 0 Å². The molecule has 0 bridgehead atoms. The van der Waals surface area contributed by atoms with Crippen LogP contribution in [-0.2, 0) is 14.3 Å². The quantitative estimate of drug-likeness (QED) is 0.546. The summed E-state index contributed by atoms with van der Waals surface area (Å²) >= 11 is 5.92. The van der Waals surface area contributed by atoms with Crippen molar-refractivity contribution < 1.29 is 19.1 Å². The van der Waals surface area contributed by atoms with E-state index in [4.69, 9.17) is 16.3 Å². The molecule has 0 aliphatic heterocycles. The number of nitrogens with one attached hydrogen (secondary N) is 2. The lowest BCUT2D eigenvalue weighted by molar-refractivity contribution is -0.154. The third kappa shape index (κ3) is 6.86. The van der Waals surface area contributed by atoms with Gasteiger partial charge in [-0.15, -0.1) is 0 Å². The summed E-state index contributed by atoms with van der Waals surface area (Å²) in [5.41, 5.74) is 4.72. The molecule has 27 heavy (non-hydrogen) atoms. The van der Waals surface area contributed by atoms with Gasteiger partial charge in [0.15, 0.2) is 6.61 Å². The highest BCUT2D eigenvalue weighted by Crippen LogP contribution is 2.32. The van der Waals surface area contributed by atoms with Crippen LogP contribution in [0.1, 0.15) is 62.2 Å². The maximum Gasteiger partial charge on any atom is 0.309 e. The highest BCUT2D eigenvalue weighted by Gasteiger charge is 2.27. The first-order valence-corrected chi connectivity index (χ1v) is 9.89. The number of benzene rings is 1. The van der Waals surface area contributed by atoms with Gasteiger partial charge in [0.1, 0.15) is 0 Å². The van der Waals surface area contributed by atoms with E-state index >= 15 is 0 Å². The molecule has 2 rings (SSSR count). The summed E-state index contributed by atoms with van der Waals surface area (Å²) in [5, 5.41) is 0.283. The molecular weight excluding hydrogens is 368 g/mol. The molecule has 2 N–H and O–H groups in total. The number of hydrazine groups is 1. The van der Waals surface area contributed by atoms with E-state index in [0.29, 0.717) is 5.92 Å². The Labute approximate surface area is 165 Å². The first-order chi connectivity index (χ1) is 13.0. The summed E-state index contributed by atoms with van der Waals surface area (Å²) in [4.78, 5) is 35.8. The summed E-state index contributed by atoms with van der Waals surface area (Å²) in [6, 6.07) is 6.49. The van der Waals surface area contributed by atoms with E-state index in [1.54, 1.807) is 24.3 Å². The SMILES string of the molecule is CCCCC1CCC(C(=O)OCC(=O)NNC(=O)c2ccccc2Cl)CC1. The number of hydrogen-bond acceptors (Lipinski definition) is 4. The maximum atomic E-state index is 12.1. The van der Waals surface area contributed by atoms with E-state index in [1.165, 1.54) is 19.3 Å². The van der Waals surface area contributed by atoms with Crippen molar-refractivity contribution in [2.24, 2.45) is 11.8 Å². The molecule has 0 saturated heterocycles. The van der Waals surface area contributed by atoms with E-state index in [1.807, 2.05) is 0 Å². The number of unbranched alkanes of at least 4 members (excludes halogenated alkanes) is 1. The molecule has 0 aromatic heterocycles. The van der Waals surface area contributed by atoms with Gasteiger partial charge in [-0.2, -0.15) is 0 Å². The van der Waals surface area contributed by atoms with Crippen molar-refractivity contribution in [3.63, 3.8) is 0 Å². The van der Waals surface area contributed by atoms with Gasteiger partial charge in [0, 0.05) is 0 Å². The van der Waals surface area contributed by atoms with Crippen molar-refractivity contribution in [2.75, 3.05) is 6.61 Å². The molecule has 1 aliphatic rings. The Morgan fingerprint density at radius 3 is 2.48 bits per heavy atom. The number of halogens is 1. The second-order valence-electron chi connectivity index (χ2n) is 6.95. The van der Waals surface area contributed by atoms with Crippen LogP contribution in [0, 0.1) is 11.8 Å². The van der Waals surface area contributed by atoms with Gasteiger partial charge in [-0.05, 0) is 43.7 Å². The van der Waals surface area contributed by atoms with Crippen molar-refractivity contribution in [3.8, 4) is 0 Å². The molecule has 1 aromatic carbocycles. The molecule has 1 aliphatic carbocycles. The van der Waals surface area contributed by atoms with Gasteiger partial charge in [0.2, 0.25) is 0 Å². The van der Waals surface area contributed by atoms with Gasteiger partial charge >= 0.3 is 5.97 Å². The Morgan fingerprint density at radius 2 is 1.81 bits per heavy atom. The van der Waals surface area contributed by atoms with Crippen molar-refractivity contribution in [1.29, 1.82) is 0 Å². The minimum absolute atomic E-state index is 0.131. The normalized spacial score (nSPS) is 19.2. The van der Waals surface area contributed by atoms with Crippen LogP contribution in [0.25, 0.3) is 0 Å². The average molecular weight is 395 g/mol. The lowest BCUT2D eigenvalue weighted by Crippen LogP contribution is -2.44. The van der Waals surface area contributed by atoms with Gasteiger partial charge in [-0.25, -0.2) is 0 Å². The number of hydrogen-bond donors (Lipinski definition) is 2. The van der Waals surface area contributed by atoms with Crippen molar-refractivity contribution in [2.45, 2.75) is 51.9 Å². The van der Waals surface area contributed by atoms with Gasteiger partial charge in [0.25, 0.3) is 11.8 Å². The predicted molar refractivity (Wildman–Crippen MR) is 103 cm³/mol. The van der Waals surface area contributed by atoms with Crippen LogP contribution in [0.15, 0.2) is 24.3 Å². The van der Waals surface area contributed by atoms with Crippen LogP contribution in [0.2, 0.25) is 5.02 Å². The molecule has 0 unspecified atom stereocenters. The van der Waals surface area contributed by atoms with Gasteiger partial charge in [-0.3, -0.25) is 25.2 Å². The van der Waals surface area contributed by atoms with Gasteiger partial charge < -0.3 is 4.74 Å². The molecule has 1 saturated carbocycles. The number of rotatable bonds is 7. The zero-order valence-electron chi connectivity index (χ0n) is 15.6. The van der Waals surface area contributed by atoms with Crippen molar-refractivity contribution in [3.05, 3.63) is 34.9 Å². The highest BCUT2D eigenvalue weighted by atomic mass is 35.5. The minimum atomic E-state index is -0.597. The van der Waals surface area contributed by atoms with E-state index in [9.17, 15) is 14.4 Å². The zero-order valence-corrected chi connectivity index (χ0v) is 16.4. The fraction of sp³-hybridized carbons (Fsp3) is 0.550. The van der Waals surface area contributed by atoms with Crippen LogP contribution >= 0.6 is 11.6 Å². The van der Waals surface area contributed by atoms with E-state index in [2.05, 4.69) is 17.8 Å². The van der Waals surface area contributed by atoms with Gasteiger partial charge in [-0.1, -0.05) is 49.9 Å². The maximum absolute atomic E-state index is 12.1. The molecule has 1 fully saturated rings. The Balaban J connectivity index is 1.66. The molecule has 6 nitrogen and oxygen atoms in total. The zero-order chi connectivity index (χ0) is 19.6. The Bertz CT molecular complexity index is 657. The Kier molecular flexibility index (Phi) is 8.58. The summed E-state index contributed by atoms with van der Waals surface area (Å²) in [6.45, 7) is 1.77. The first kappa shape index (κ1) is 21.2. The lowest BCUT2D eigenvalue weighted by atomic mass is 9.80. The first-order valence-electron chi connectivity index (χ1n) is 9.51. The second kappa shape index (κ2) is 10.9. The summed E-state index contributed by atoms with van der Waals surface area (Å²) in [6.07, 6.45) is 7.38. The smallest absolute Gasteiger partial charge is 0.309 e. The fourth-order valence-corrected chi connectivity index (χ4v) is 3.53. The second-order valence-corrected chi connectivity index (χ2v) is 7.36. The summed E-state index contributed by atoms with van der Waals surface area (Å²) in [5.74, 6) is -0.895. The monoisotopic (exact) mass is 394 g/mol. The van der Waals surface area contributed by atoms with Crippen molar-refractivity contribution >= 4 is 29.4 Å². The predicted octanol–water partition coefficient (Wildman–Crippen LogP) is 3.64. The molecule has 7 heteroatoms. The molecule has 0 radical (unpaired) electrons. The number of carbonyl (C=O) groups is 3. The van der Waals surface area contributed by atoms with Crippen LogP contribution in [-0.4, -0.2) is 24.4 Å². The molecular formula is C20H27ClN2O4. The third-order valence-electron chi connectivity index (χ3n) is 4.93. The van der Waals surface area contributed by atoms with E-state index in [0.717, 1.165) is 25.7 Å². The highest BCUT2D eigenvalue weighted by molar-refractivity contribution is 6.33. The molecule has 0 spiro atoms. The van der Waals surface area contributed by atoms with Crippen molar-refractivity contribution in [1.82, 2.24) is 10.9 Å². The number of amides is 2. The van der Waals surface area contributed by atoms with E-state index < -0.39 is 18.4 Å². The van der Waals surface area contributed by atoms with Crippen LogP contribution in [0.3, 0.4) is 0 Å². The lowest BCUT2D eigenvalue weighted by Gasteiger charge is -2.27. The van der Waals surface area contributed by atoms with Crippen LogP contribution in [0.4, 0.5) is 0 Å². The number of ether oxygens (including phenoxy) is 1. The summed E-state index contributed by atoms with van der Waals surface area (Å²) in [7, 11) is 0. The fourth-order valence-electron chi connectivity index (χ4n) is 3.31. The Hall–Kier alpha value is -2.08. The van der Waals surface area contributed by atoms with Crippen LogP contribution < -0.4 is 10.9 Å². The Morgan fingerprint density at radius 1 is 1.11 bits per heavy atom. The average Bonchev–Trinajstić information content (AvgIpc) is 2.69. The molecule has 0 atom stereocenters. The minimum Gasteiger partial charge on any atom is -0.455 e. The topological polar surface area (TPSA) is 84.5 Å². The third-order valence-corrected chi connectivity index (χ3v) is 5.26. The summed E-state index contributed by atoms with van der Waals surface area (Å²) < 4.78 is 5.09. The molecule has 1 aromatic rings. The molecule has 148 valence electrons.